The Morgan fingerprint density at radius 2 is 1.85 bits per heavy atom. The first kappa shape index (κ1) is 20.5. The minimum Gasteiger partial charge on any atom is -0.360 e. The molecular weight excluding hydrogens is 344 g/mol. The van der Waals surface area contributed by atoms with Gasteiger partial charge >= 0.3 is 6.03 Å². The maximum Gasteiger partial charge on any atom is 0.322 e. The highest BCUT2D eigenvalue weighted by atomic mass is 16.5. The second-order valence-corrected chi connectivity index (χ2v) is 7.20. The van der Waals surface area contributed by atoms with Crippen LogP contribution >= 0.6 is 0 Å². The quantitative estimate of drug-likeness (QED) is 0.765. The molecule has 0 radical (unpaired) electrons. The summed E-state index contributed by atoms with van der Waals surface area (Å²) in [6.07, 6.45) is 0.802. The number of anilines is 2. The highest BCUT2D eigenvalue weighted by Gasteiger charge is 2.19. The monoisotopic (exact) mass is 372 g/mol. The number of benzene rings is 1. The average molecular weight is 372 g/mol. The molecule has 0 aliphatic heterocycles. The fourth-order valence-electron chi connectivity index (χ4n) is 2.47. The van der Waals surface area contributed by atoms with Gasteiger partial charge in [0.2, 0.25) is 5.91 Å². The molecule has 0 spiro atoms. The minimum atomic E-state index is -0.317. The molecule has 3 amide bonds. The van der Waals surface area contributed by atoms with E-state index in [2.05, 4.69) is 29.6 Å². The predicted molar refractivity (Wildman–Crippen MR) is 106 cm³/mol. The smallest absolute Gasteiger partial charge is 0.322 e. The van der Waals surface area contributed by atoms with Gasteiger partial charge in [-0.2, -0.15) is 0 Å². The van der Waals surface area contributed by atoms with Gasteiger partial charge in [-0.05, 0) is 56.4 Å². The molecule has 2 N–H and O–H groups in total. The molecule has 1 aromatic carbocycles. The van der Waals surface area contributed by atoms with Crippen LogP contribution in [0.5, 0.6) is 0 Å². The number of hydrogen-bond acceptors (Lipinski definition) is 4. The van der Waals surface area contributed by atoms with Crippen LogP contribution in [0.1, 0.15) is 37.2 Å². The van der Waals surface area contributed by atoms with Crippen molar-refractivity contribution in [2.24, 2.45) is 5.92 Å². The van der Waals surface area contributed by atoms with Crippen LogP contribution in [0.2, 0.25) is 0 Å². The molecule has 2 aromatic rings. The number of aryl methyl sites for hydroxylation is 3. The number of hydrogen-bond donors (Lipinski definition) is 2. The summed E-state index contributed by atoms with van der Waals surface area (Å²) in [6.45, 7) is 10.3. The number of carbonyl (C=O) groups excluding carboxylic acids is 2. The Bertz CT molecular complexity index is 798. The van der Waals surface area contributed by atoms with Gasteiger partial charge in [0.25, 0.3) is 0 Å². The maximum atomic E-state index is 12.7. The van der Waals surface area contributed by atoms with E-state index in [0.29, 0.717) is 29.7 Å². The van der Waals surface area contributed by atoms with Crippen LogP contribution in [0.25, 0.3) is 0 Å². The lowest BCUT2D eigenvalue weighted by Crippen LogP contribution is -2.41. The zero-order valence-corrected chi connectivity index (χ0v) is 16.6. The Kier molecular flexibility index (Phi) is 6.98. The molecule has 1 heterocycles. The topological polar surface area (TPSA) is 87.5 Å². The van der Waals surface area contributed by atoms with Gasteiger partial charge in [-0.3, -0.25) is 4.79 Å². The summed E-state index contributed by atoms with van der Waals surface area (Å²) in [5.74, 6) is 1.05. The van der Waals surface area contributed by atoms with Gasteiger partial charge < -0.3 is 20.1 Å². The summed E-state index contributed by atoms with van der Waals surface area (Å²) in [5.41, 5.74) is 2.97. The van der Waals surface area contributed by atoms with Crippen molar-refractivity contribution in [2.75, 3.05) is 23.7 Å². The van der Waals surface area contributed by atoms with Crippen LogP contribution in [0, 0.1) is 26.7 Å². The molecular formula is C20H28N4O3. The van der Waals surface area contributed by atoms with Crippen LogP contribution in [0.4, 0.5) is 16.3 Å². The van der Waals surface area contributed by atoms with Crippen molar-refractivity contribution >= 4 is 23.4 Å². The van der Waals surface area contributed by atoms with E-state index in [4.69, 9.17) is 4.52 Å². The number of rotatable bonds is 7. The molecule has 146 valence electrons. The number of aromatic nitrogens is 1. The fraction of sp³-hybridized carbons (Fsp3) is 0.450. The second kappa shape index (κ2) is 9.21. The van der Waals surface area contributed by atoms with Crippen molar-refractivity contribution in [1.82, 2.24) is 10.1 Å². The zero-order valence-electron chi connectivity index (χ0n) is 16.6. The Labute approximate surface area is 160 Å². The van der Waals surface area contributed by atoms with Crippen LogP contribution in [-0.2, 0) is 4.79 Å². The van der Waals surface area contributed by atoms with Crippen molar-refractivity contribution in [3.63, 3.8) is 0 Å². The molecule has 7 nitrogen and oxygen atoms in total. The van der Waals surface area contributed by atoms with Gasteiger partial charge in [-0.1, -0.05) is 25.1 Å². The molecule has 27 heavy (non-hydrogen) atoms. The molecule has 0 saturated carbocycles. The second-order valence-electron chi connectivity index (χ2n) is 7.20. The SMILES string of the molecule is Cc1cc(NC(=O)CN(CCC(C)C)C(=O)Nc2ccc(C)c(C)c2)no1. The van der Waals surface area contributed by atoms with E-state index in [1.54, 1.807) is 13.0 Å². The van der Waals surface area contributed by atoms with Gasteiger partial charge in [0.05, 0.1) is 0 Å². The van der Waals surface area contributed by atoms with Crippen LogP contribution < -0.4 is 10.6 Å². The third-order valence-electron chi connectivity index (χ3n) is 4.25. The Morgan fingerprint density at radius 1 is 1.11 bits per heavy atom. The summed E-state index contributed by atoms with van der Waals surface area (Å²) < 4.78 is 4.94. The number of nitrogens with one attached hydrogen (secondary N) is 2. The third-order valence-corrected chi connectivity index (χ3v) is 4.25. The summed E-state index contributed by atoms with van der Waals surface area (Å²) in [5, 5.41) is 9.27. The first-order valence-corrected chi connectivity index (χ1v) is 9.11. The van der Waals surface area contributed by atoms with Crippen molar-refractivity contribution in [3.05, 3.63) is 41.2 Å². The van der Waals surface area contributed by atoms with Gasteiger partial charge in [-0.25, -0.2) is 4.79 Å². The van der Waals surface area contributed by atoms with Crippen molar-refractivity contribution < 1.29 is 14.1 Å². The zero-order chi connectivity index (χ0) is 20.0. The highest BCUT2D eigenvalue weighted by molar-refractivity contribution is 5.96. The highest BCUT2D eigenvalue weighted by Crippen LogP contribution is 2.15. The third kappa shape index (κ3) is 6.44. The van der Waals surface area contributed by atoms with Gasteiger partial charge in [-0.15, -0.1) is 0 Å². The minimum absolute atomic E-state index is 0.0602. The molecule has 0 saturated heterocycles. The number of amides is 3. The summed E-state index contributed by atoms with van der Waals surface area (Å²) in [7, 11) is 0. The molecule has 0 atom stereocenters. The fourth-order valence-corrected chi connectivity index (χ4v) is 2.47. The molecule has 0 bridgehead atoms. The number of urea groups is 1. The summed E-state index contributed by atoms with van der Waals surface area (Å²) >= 11 is 0. The average Bonchev–Trinajstić information content (AvgIpc) is 2.99. The molecule has 1 aromatic heterocycles. The first-order chi connectivity index (χ1) is 12.7. The van der Waals surface area contributed by atoms with Crippen LogP contribution in [0.15, 0.2) is 28.8 Å². The van der Waals surface area contributed by atoms with Gasteiger partial charge in [0, 0.05) is 18.3 Å². The van der Waals surface area contributed by atoms with E-state index in [0.717, 1.165) is 17.5 Å². The van der Waals surface area contributed by atoms with Crippen LogP contribution in [-0.4, -0.2) is 35.1 Å². The molecule has 2 rings (SSSR count). The standard InChI is InChI=1S/C20H28N4O3/c1-13(2)8-9-24(12-19(25)22-18-11-16(5)27-23-18)20(26)21-17-7-6-14(3)15(4)10-17/h6-7,10-11,13H,8-9,12H2,1-5H3,(H,21,26)(H,22,23,25). The molecule has 0 aliphatic rings. The summed E-state index contributed by atoms with van der Waals surface area (Å²) in [6, 6.07) is 7.07. The van der Waals surface area contributed by atoms with E-state index in [1.807, 2.05) is 32.0 Å². The largest absolute Gasteiger partial charge is 0.360 e. The first-order valence-electron chi connectivity index (χ1n) is 9.11. The molecule has 0 unspecified atom stereocenters. The van der Waals surface area contributed by atoms with Crippen molar-refractivity contribution in [3.8, 4) is 0 Å². The summed E-state index contributed by atoms with van der Waals surface area (Å²) in [4.78, 5) is 26.5. The molecule has 0 fully saturated rings. The number of carbonyl (C=O) groups is 2. The lowest BCUT2D eigenvalue weighted by Gasteiger charge is -2.23. The van der Waals surface area contributed by atoms with Crippen molar-refractivity contribution in [1.29, 1.82) is 0 Å². The van der Waals surface area contributed by atoms with E-state index < -0.39 is 0 Å². The lowest BCUT2D eigenvalue weighted by molar-refractivity contribution is -0.116. The predicted octanol–water partition coefficient (Wildman–Crippen LogP) is 4.12. The normalized spacial score (nSPS) is 10.7. The van der Waals surface area contributed by atoms with E-state index in [1.165, 1.54) is 4.90 Å². The van der Waals surface area contributed by atoms with Gasteiger partial charge in [0.15, 0.2) is 5.82 Å². The maximum absolute atomic E-state index is 12.7. The van der Waals surface area contributed by atoms with Crippen molar-refractivity contribution in [2.45, 2.75) is 41.0 Å². The molecule has 0 aliphatic carbocycles. The number of nitrogens with zero attached hydrogens (tertiary/aromatic N) is 2. The van der Waals surface area contributed by atoms with Crippen LogP contribution in [0.3, 0.4) is 0 Å². The van der Waals surface area contributed by atoms with Gasteiger partial charge in [0.1, 0.15) is 12.3 Å². The van der Waals surface area contributed by atoms with E-state index in [9.17, 15) is 9.59 Å². The van der Waals surface area contributed by atoms with E-state index in [-0.39, 0.29) is 18.5 Å². The Hall–Kier alpha value is -2.83. The Morgan fingerprint density at radius 3 is 2.44 bits per heavy atom. The Balaban J connectivity index is 2.03. The van der Waals surface area contributed by atoms with E-state index >= 15 is 0 Å². The molecule has 7 heteroatoms. The lowest BCUT2D eigenvalue weighted by atomic mass is 10.1.